The molecule has 2 fully saturated rings. The number of carbonyl (C=O) groups is 2. The number of amides is 3. The average Bonchev–Trinajstić information content (AvgIpc) is 3.06. The average molecular weight is 373 g/mol. The Bertz CT molecular complexity index is 653. The van der Waals surface area contributed by atoms with Gasteiger partial charge >= 0.3 is 6.03 Å². The number of nitrogens with one attached hydrogen (secondary N) is 2. The minimum Gasteiger partial charge on any atom is -0.381 e. The first kappa shape index (κ1) is 19.7. The predicted octanol–water partition coefficient (Wildman–Crippen LogP) is 3.04. The minimum absolute atomic E-state index is 0.0208. The molecule has 0 bridgehead atoms. The summed E-state index contributed by atoms with van der Waals surface area (Å²) in [6.07, 6.45) is 5.05. The first-order valence-corrected chi connectivity index (χ1v) is 10.0. The third kappa shape index (κ3) is 4.43. The van der Waals surface area contributed by atoms with Crippen molar-refractivity contribution in [3.8, 4) is 0 Å². The zero-order valence-electron chi connectivity index (χ0n) is 16.4. The van der Waals surface area contributed by atoms with Crippen molar-refractivity contribution in [2.45, 2.75) is 39.0 Å². The van der Waals surface area contributed by atoms with E-state index in [-0.39, 0.29) is 23.3 Å². The number of benzene rings is 1. The van der Waals surface area contributed by atoms with Gasteiger partial charge in [0.1, 0.15) is 0 Å². The van der Waals surface area contributed by atoms with E-state index in [1.165, 1.54) is 18.4 Å². The lowest BCUT2D eigenvalue weighted by atomic mass is 9.72. The summed E-state index contributed by atoms with van der Waals surface area (Å²) in [6.45, 7) is 4.56. The summed E-state index contributed by atoms with van der Waals surface area (Å²) < 4.78 is 5.50. The maximum absolute atomic E-state index is 12.8. The topological polar surface area (TPSA) is 70.7 Å². The maximum atomic E-state index is 12.8. The fourth-order valence-electron chi connectivity index (χ4n) is 4.28. The van der Waals surface area contributed by atoms with E-state index in [9.17, 15) is 9.59 Å². The number of anilines is 1. The van der Waals surface area contributed by atoms with Crippen molar-refractivity contribution in [1.82, 2.24) is 10.2 Å². The molecule has 2 N–H and O–H groups in total. The number of hydrogen-bond donors (Lipinski definition) is 2. The van der Waals surface area contributed by atoms with Crippen LogP contribution in [0.1, 0.15) is 38.2 Å². The summed E-state index contributed by atoms with van der Waals surface area (Å²) in [5, 5.41) is 5.76. The van der Waals surface area contributed by atoms with Gasteiger partial charge in [0.05, 0.1) is 5.92 Å². The van der Waals surface area contributed by atoms with Crippen molar-refractivity contribution in [3.05, 3.63) is 29.8 Å². The van der Waals surface area contributed by atoms with Gasteiger partial charge in [0.15, 0.2) is 0 Å². The molecule has 0 aliphatic carbocycles. The van der Waals surface area contributed by atoms with Crippen LogP contribution in [0, 0.1) is 11.3 Å². The van der Waals surface area contributed by atoms with E-state index in [0.717, 1.165) is 24.9 Å². The second-order valence-corrected chi connectivity index (χ2v) is 7.75. The Morgan fingerprint density at radius 2 is 1.93 bits per heavy atom. The highest BCUT2D eigenvalue weighted by Crippen LogP contribution is 2.44. The normalized spacial score (nSPS) is 21.3. The Kier molecular flexibility index (Phi) is 6.37. The van der Waals surface area contributed by atoms with E-state index in [1.54, 1.807) is 11.9 Å². The van der Waals surface area contributed by atoms with Gasteiger partial charge < -0.3 is 20.3 Å². The first-order valence-electron chi connectivity index (χ1n) is 10.0. The Morgan fingerprint density at radius 3 is 2.56 bits per heavy atom. The van der Waals surface area contributed by atoms with Crippen LogP contribution < -0.4 is 10.6 Å². The van der Waals surface area contributed by atoms with Gasteiger partial charge in [-0.3, -0.25) is 4.79 Å². The second-order valence-electron chi connectivity index (χ2n) is 7.75. The number of rotatable bonds is 5. The van der Waals surface area contributed by atoms with E-state index in [1.807, 2.05) is 12.1 Å². The smallest absolute Gasteiger partial charge is 0.321 e. The van der Waals surface area contributed by atoms with Gasteiger partial charge in [-0.15, -0.1) is 0 Å². The number of likely N-dealkylation sites (tertiary alicyclic amines) is 1. The van der Waals surface area contributed by atoms with Crippen LogP contribution in [-0.4, -0.2) is 50.2 Å². The van der Waals surface area contributed by atoms with Crippen LogP contribution in [0.15, 0.2) is 24.3 Å². The molecule has 27 heavy (non-hydrogen) atoms. The number of hydrogen-bond acceptors (Lipinski definition) is 3. The number of ether oxygens (including phenoxy) is 1. The van der Waals surface area contributed by atoms with Crippen molar-refractivity contribution in [2.24, 2.45) is 11.3 Å². The van der Waals surface area contributed by atoms with Gasteiger partial charge in [-0.05, 0) is 43.4 Å². The van der Waals surface area contributed by atoms with Gasteiger partial charge in [0, 0.05) is 44.5 Å². The number of urea groups is 1. The summed E-state index contributed by atoms with van der Waals surface area (Å²) in [6, 6.07) is 7.93. The fourth-order valence-corrected chi connectivity index (χ4v) is 4.28. The van der Waals surface area contributed by atoms with E-state index in [0.29, 0.717) is 26.3 Å². The molecule has 1 aromatic rings. The first-order chi connectivity index (χ1) is 13.1. The zero-order chi connectivity index (χ0) is 19.3. The van der Waals surface area contributed by atoms with Gasteiger partial charge in [0.25, 0.3) is 0 Å². The Labute approximate surface area is 161 Å². The molecule has 1 aromatic carbocycles. The third-order valence-corrected chi connectivity index (χ3v) is 6.01. The highest BCUT2D eigenvalue weighted by molar-refractivity contribution is 5.90. The van der Waals surface area contributed by atoms with Crippen LogP contribution in [0.2, 0.25) is 0 Å². The number of nitrogens with zero attached hydrogens (tertiary/aromatic N) is 1. The summed E-state index contributed by atoms with van der Waals surface area (Å²) in [4.78, 5) is 27.0. The number of aryl methyl sites for hydroxylation is 1. The van der Waals surface area contributed by atoms with Crippen LogP contribution in [0.3, 0.4) is 0 Å². The largest absolute Gasteiger partial charge is 0.381 e. The highest BCUT2D eigenvalue weighted by atomic mass is 16.5. The van der Waals surface area contributed by atoms with Crippen molar-refractivity contribution in [3.63, 3.8) is 0 Å². The summed E-state index contributed by atoms with van der Waals surface area (Å²) in [7, 11) is 1.66. The molecule has 0 radical (unpaired) electrons. The summed E-state index contributed by atoms with van der Waals surface area (Å²) in [5.41, 5.74) is 1.92. The summed E-state index contributed by atoms with van der Waals surface area (Å²) in [5.74, 6) is -0.152. The molecule has 2 aliphatic heterocycles. The Morgan fingerprint density at radius 1 is 1.22 bits per heavy atom. The molecular weight excluding hydrogens is 342 g/mol. The molecule has 0 saturated carbocycles. The van der Waals surface area contributed by atoms with E-state index in [2.05, 4.69) is 29.7 Å². The molecular formula is C21H31N3O3. The van der Waals surface area contributed by atoms with Crippen LogP contribution in [0.5, 0.6) is 0 Å². The van der Waals surface area contributed by atoms with Crippen LogP contribution in [-0.2, 0) is 16.0 Å². The van der Waals surface area contributed by atoms with E-state index in [4.69, 9.17) is 4.74 Å². The van der Waals surface area contributed by atoms with Gasteiger partial charge in [0.2, 0.25) is 5.91 Å². The lowest BCUT2D eigenvalue weighted by Gasteiger charge is -2.36. The maximum Gasteiger partial charge on any atom is 0.321 e. The number of unbranched alkanes of at least 4 members (excludes halogenated alkanes) is 1. The minimum atomic E-state index is -0.173. The SMILES string of the molecule is CCCCc1ccc(NC(=O)N2CC(C(=O)NC)C3(CCOCC3)C2)cc1. The Hall–Kier alpha value is -2.08. The van der Waals surface area contributed by atoms with E-state index < -0.39 is 0 Å². The highest BCUT2D eigenvalue weighted by Gasteiger charge is 2.51. The van der Waals surface area contributed by atoms with Gasteiger partial charge in [-0.25, -0.2) is 4.79 Å². The van der Waals surface area contributed by atoms with Crippen molar-refractivity contribution >= 4 is 17.6 Å². The monoisotopic (exact) mass is 373 g/mol. The van der Waals surface area contributed by atoms with E-state index >= 15 is 0 Å². The Balaban J connectivity index is 1.65. The lowest BCUT2D eigenvalue weighted by molar-refractivity contribution is -0.129. The molecule has 3 rings (SSSR count). The zero-order valence-corrected chi connectivity index (χ0v) is 16.4. The quantitative estimate of drug-likeness (QED) is 0.833. The molecule has 6 nitrogen and oxygen atoms in total. The van der Waals surface area contributed by atoms with Crippen molar-refractivity contribution < 1.29 is 14.3 Å². The summed E-state index contributed by atoms with van der Waals surface area (Å²) >= 11 is 0. The predicted molar refractivity (Wildman–Crippen MR) is 106 cm³/mol. The second kappa shape index (κ2) is 8.74. The standard InChI is InChI=1S/C21H31N3O3/c1-3-4-5-16-6-8-17(9-7-16)23-20(26)24-14-18(19(25)22-2)21(15-24)10-12-27-13-11-21/h6-9,18H,3-5,10-15H2,1-2H3,(H,22,25)(H,23,26). The third-order valence-electron chi connectivity index (χ3n) is 6.01. The molecule has 0 aromatic heterocycles. The van der Waals surface area contributed by atoms with Gasteiger partial charge in [-0.1, -0.05) is 25.5 Å². The molecule has 1 atom stereocenters. The van der Waals surface area contributed by atoms with Crippen molar-refractivity contribution in [1.29, 1.82) is 0 Å². The van der Waals surface area contributed by atoms with Crippen LogP contribution in [0.25, 0.3) is 0 Å². The van der Waals surface area contributed by atoms with Gasteiger partial charge in [-0.2, -0.15) is 0 Å². The molecule has 148 valence electrons. The van der Waals surface area contributed by atoms with Crippen LogP contribution >= 0.6 is 0 Å². The molecule has 1 unspecified atom stereocenters. The van der Waals surface area contributed by atoms with Crippen LogP contribution in [0.4, 0.5) is 10.5 Å². The molecule has 3 amide bonds. The molecule has 6 heteroatoms. The molecule has 2 aliphatic rings. The lowest BCUT2D eigenvalue weighted by Crippen LogP contribution is -2.43. The molecule has 2 saturated heterocycles. The molecule has 2 heterocycles. The number of carbonyl (C=O) groups excluding carboxylic acids is 2. The van der Waals surface area contributed by atoms with Crippen molar-refractivity contribution in [2.75, 3.05) is 38.7 Å². The fraction of sp³-hybridized carbons (Fsp3) is 0.619. The molecule has 1 spiro atoms.